The molecule has 1 amide bonds. The van der Waals surface area contributed by atoms with E-state index in [1.165, 1.54) is 11.1 Å². The van der Waals surface area contributed by atoms with E-state index in [2.05, 4.69) is 53.8 Å². The Morgan fingerprint density at radius 2 is 1.90 bits per heavy atom. The summed E-state index contributed by atoms with van der Waals surface area (Å²) in [5.41, 5.74) is 4.92. The lowest BCUT2D eigenvalue weighted by atomic mass is 9.65. The van der Waals surface area contributed by atoms with Crippen LogP contribution in [0.1, 0.15) is 99.3 Å². The Kier molecular flexibility index (Phi) is 12.8. The van der Waals surface area contributed by atoms with Crippen LogP contribution < -0.4 is 19.1 Å². The van der Waals surface area contributed by atoms with Gasteiger partial charge in [0.25, 0.3) is 5.91 Å². The second-order valence-electron chi connectivity index (χ2n) is 13.4. The molecule has 1 aromatic heterocycles. The van der Waals surface area contributed by atoms with Crippen LogP contribution in [0.4, 0.5) is 5.69 Å². The molecule has 1 aliphatic carbocycles. The number of pyridine rings is 1. The number of methoxy groups -OCH3 is 1. The quantitative estimate of drug-likeness (QED) is 0.267. The van der Waals surface area contributed by atoms with Crippen molar-refractivity contribution in [2.24, 2.45) is 17.8 Å². The zero-order chi connectivity index (χ0) is 35.1. The molecular formula is C40H52ClN3O4S. The molecule has 2 bridgehead atoms. The number of nitrogens with zero attached hydrogens (tertiary/aromatic N) is 2. The molecule has 7 unspecified atom stereocenters. The number of aryl methyl sites for hydroxylation is 1. The molecule has 1 fully saturated rings. The molecule has 9 heteroatoms. The molecule has 3 aliphatic rings. The van der Waals surface area contributed by atoms with E-state index in [1.54, 1.807) is 13.2 Å². The van der Waals surface area contributed by atoms with Crippen LogP contribution in [0.5, 0.6) is 11.6 Å². The Morgan fingerprint density at radius 3 is 2.63 bits per heavy atom. The Bertz CT molecular complexity index is 1650. The van der Waals surface area contributed by atoms with Crippen LogP contribution in [0.3, 0.4) is 0 Å². The number of carbonyl (C=O) groups is 1. The van der Waals surface area contributed by atoms with Crippen molar-refractivity contribution in [1.29, 1.82) is 0 Å². The van der Waals surface area contributed by atoms with E-state index in [1.807, 2.05) is 51.1 Å². The molecule has 3 heterocycles. The highest BCUT2D eigenvalue weighted by molar-refractivity contribution is 7.84. The van der Waals surface area contributed by atoms with Crippen LogP contribution in [0, 0.1) is 17.8 Å². The largest absolute Gasteiger partial charge is 0.491 e. The molecule has 1 saturated carbocycles. The van der Waals surface area contributed by atoms with E-state index >= 15 is 0 Å². The van der Waals surface area contributed by atoms with Crippen molar-refractivity contribution in [2.75, 3.05) is 31.7 Å². The van der Waals surface area contributed by atoms with E-state index < -0.39 is 11.0 Å². The molecule has 49 heavy (non-hydrogen) atoms. The van der Waals surface area contributed by atoms with Gasteiger partial charge in [-0.2, -0.15) is 0 Å². The highest BCUT2D eigenvalue weighted by atomic mass is 35.5. The molecular weight excluding hydrogens is 654 g/mol. The minimum atomic E-state index is -1.54. The van der Waals surface area contributed by atoms with Gasteiger partial charge in [0.2, 0.25) is 5.88 Å². The number of benzene rings is 2. The molecule has 264 valence electrons. The summed E-state index contributed by atoms with van der Waals surface area (Å²) in [7, 11) is 0.119. The fourth-order valence-electron chi connectivity index (χ4n) is 7.31. The zero-order valence-corrected chi connectivity index (χ0v) is 31.4. The van der Waals surface area contributed by atoms with Gasteiger partial charge in [-0.05, 0) is 97.9 Å². The molecule has 7 nitrogen and oxygen atoms in total. The molecule has 3 aromatic rings. The highest BCUT2D eigenvalue weighted by Crippen LogP contribution is 2.47. The van der Waals surface area contributed by atoms with Crippen LogP contribution in [-0.2, 0) is 17.4 Å². The normalized spacial score (nSPS) is 27.5. The summed E-state index contributed by atoms with van der Waals surface area (Å²) in [6.45, 7) is 12.3. The van der Waals surface area contributed by atoms with Crippen LogP contribution >= 0.6 is 11.6 Å². The van der Waals surface area contributed by atoms with Crippen molar-refractivity contribution >= 4 is 34.2 Å². The van der Waals surface area contributed by atoms with Crippen molar-refractivity contribution in [3.05, 3.63) is 94.2 Å². The highest BCUT2D eigenvalue weighted by Gasteiger charge is 2.40. The third-order valence-corrected chi connectivity index (χ3v) is 12.1. The van der Waals surface area contributed by atoms with E-state index in [-0.39, 0.29) is 28.9 Å². The van der Waals surface area contributed by atoms with Gasteiger partial charge in [-0.1, -0.05) is 70.0 Å². The summed E-state index contributed by atoms with van der Waals surface area (Å²) in [4.78, 5) is 20.8. The van der Waals surface area contributed by atoms with Gasteiger partial charge in [0, 0.05) is 41.6 Å². The topological polar surface area (TPSA) is 80.8 Å². The maximum Gasteiger partial charge on any atom is 0.263 e. The fourth-order valence-corrected chi connectivity index (χ4v) is 8.52. The number of aromatic nitrogens is 1. The molecule has 0 spiro atoms. The van der Waals surface area contributed by atoms with Gasteiger partial charge in [0.05, 0.1) is 30.3 Å². The number of amides is 1. The Labute approximate surface area is 300 Å². The summed E-state index contributed by atoms with van der Waals surface area (Å²) in [6, 6.07) is 17.9. The number of hydrogen-bond donors (Lipinski definition) is 1. The van der Waals surface area contributed by atoms with Gasteiger partial charge < -0.3 is 14.4 Å². The lowest BCUT2D eigenvalue weighted by molar-refractivity contribution is 0.0982. The summed E-state index contributed by atoms with van der Waals surface area (Å²) in [5, 5.41) is 0.527. The number of rotatable bonds is 5. The van der Waals surface area contributed by atoms with E-state index in [0.717, 1.165) is 67.3 Å². The van der Waals surface area contributed by atoms with Gasteiger partial charge in [-0.15, -0.1) is 0 Å². The second kappa shape index (κ2) is 17.0. The minimum Gasteiger partial charge on any atom is -0.491 e. The van der Waals surface area contributed by atoms with Gasteiger partial charge in [-0.3, -0.25) is 9.52 Å². The first kappa shape index (κ1) is 36.9. The molecule has 2 aromatic carbocycles. The van der Waals surface area contributed by atoms with Crippen LogP contribution in [0.25, 0.3) is 0 Å². The van der Waals surface area contributed by atoms with Crippen molar-refractivity contribution in [3.63, 3.8) is 0 Å². The average Bonchev–Trinajstić information content (AvgIpc) is 3.28. The maximum atomic E-state index is 13.5. The van der Waals surface area contributed by atoms with Crippen molar-refractivity contribution in [3.8, 4) is 11.6 Å². The van der Waals surface area contributed by atoms with Crippen LogP contribution in [-0.4, -0.2) is 47.2 Å². The number of hydrogen-bond acceptors (Lipinski definition) is 6. The summed E-state index contributed by atoms with van der Waals surface area (Å²) < 4.78 is 28.2. The lowest BCUT2D eigenvalue weighted by Gasteiger charge is -2.44. The number of carbonyl (C=O) groups excluding carboxylic acids is 1. The maximum absolute atomic E-state index is 13.5. The molecule has 0 radical (unpaired) electrons. The third kappa shape index (κ3) is 8.51. The Hall–Kier alpha value is -3.36. The first-order valence-electron chi connectivity index (χ1n) is 17.9. The van der Waals surface area contributed by atoms with E-state index in [0.29, 0.717) is 29.9 Å². The number of halogens is 1. The first-order valence-corrected chi connectivity index (χ1v) is 19.5. The van der Waals surface area contributed by atoms with Crippen molar-refractivity contribution in [2.45, 2.75) is 83.8 Å². The van der Waals surface area contributed by atoms with Crippen molar-refractivity contribution < 1.29 is 18.5 Å². The number of anilines is 1. The monoisotopic (exact) mass is 705 g/mol. The standard InChI is InChI=1S/C38H46ClN3O4S.C2H6/c1-5-8-26-19-30(39)15-17-31(26)29-22-42-21-28-13-16-32(28)33(34-11-7-12-37(40-34)45-4)10-6-9-24(2)25(3)47(44)41-38(43)27-14-18-36(46-23-29)35(42)20-27;1-2/h6-7,10-12,14-15,17-20,24-25,28-29,32-33H,5,8-9,13,16,21-23H2,1-4H3,(H,41,43);1-2H3/b10-6+;. The lowest BCUT2D eigenvalue weighted by Crippen LogP contribution is -2.42. The van der Waals surface area contributed by atoms with Gasteiger partial charge in [-0.25, -0.2) is 9.19 Å². The van der Waals surface area contributed by atoms with Gasteiger partial charge in [0.1, 0.15) is 16.7 Å². The van der Waals surface area contributed by atoms with Crippen molar-refractivity contribution in [1.82, 2.24) is 9.71 Å². The summed E-state index contributed by atoms with van der Waals surface area (Å²) in [6.07, 6.45) is 9.48. The SMILES string of the molecule is CC.CCCc1cc(Cl)ccc1C1COc2ccc3cc2N(C1)CC1CCC1C(c1cccc(OC)n1)/C=C/CC(C)C(C)S(=O)NC3=O. The second-order valence-corrected chi connectivity index (χ2v) is 15.4. The summed E-state index contributed by atoms with van der Waals surface area (Å²) >= 11 is 6.46. The Balaban J connectivity index is 0.00000230. The third-order valence-electron chi connectivity index (χ3n) is 10.4. The Morgan fingerprint density at radius 1 is 1.08 bits per heavy atom. The summed E-state index contributed by atoms with van der Waals surface area (Å²) in [5.74, 6) is 2.21. The predicted octanol–water partition coefficient (Wildman–Crippen LogP) is 8.89. The molecule has 2 aliphatic heterocycles. The van der Waals surface area contributed by atoms with Crippen LogP contribution in [0.15, 0.2) is 66.7 Å². The molecule has 7 atom stereocenters. The van der Waals surface area contributed by atoms with Gasteiger partial charge >= 0.3 is 0 Å². The average molecular weight is 706 g/mol. The first-order chi connectivity index (χ1) is 23.7. The zero-order valence-electron chi connectivity index (χ0n) is 29.8. The number of nitrogens with one attached hydrogen (secondary N) is 1. The number of ether oxygens (including phenoxy) is 2. The van der Waals surface area contributed by atoms with Crippen LogP contribution in [0.2, 0.25) is 5.02 Å². The number of fused-ring (bicyclic) bond motifs is 2. The smallest absolute Gasteiger partial charge is 0.263 e. The molecule has 0 saturated heterocycles. The van der Waals surface area contributed by atoms with E-state index in [9.17, 15) is 9.00 Å². The minimum absolute atomic E-state index is 0.106. The van der Waals surface area contributed by atoms with Gasteiger partial charge in [0.15, 0.2) is 0 Å². The number of allylic oxidation sites excluding steroid dienone is 2. The van der Waals surface area contributed by atoms with E-state index in [4.69, 9.17) is 26.1 Å². The molecule has 1 N–H and O–H groups in total. The predicted molar refractivity (Wildman–Crippen MR) is 201 cm³/mol. The fraction of sp³-hybridized carbons (Fsp3) is 0.500. The molecule has 6 rings (SSSR count).